The van der Waals surface area contributed by atoms with E-state index in [4.69, 9.17) is 15.5 Å². The standard InChI is InChI=1S/C16H22BrN3O/c1-21-8-12-13(17)14(18)20-15(19-12)16-5-9-2-10(6-16)4-11(3-9)7-16/h9-11H,2-8H2,1H3,(H2,18,19,20). The summed E-state index contributed by atoms with van der Waals surface area (Å²) in [5.41, 5.74) is 7.19. The van der Waals surface area contributed by atoms with Crippen LogP contribution in [-0.4, -0.2) is 17.1 Å². The van der Waals surface area contributed by atoms with Gasteiger partial charge in [-0.2, -0.15) is 0 Å². The molecule has 1 aromatic heterocycles. The maximum absolute atomic E-state index is 6.12. The lowest BCUT2D eigenvalue weighted by Gasteiger charge is -2.56. The van der Waals surface area contributed by atoms with Crippen LogP contribution in [0.5, 0.6) is 0 Å². The highest BCUT2D eigenvalue weighted by molar-refractivity contribution is 9.10. The van der Waals surface area contributed by atoms with Crippen molar-refractivity contribution in [2.75, 3.05) is 12.8 Å². The zero-order valence-corrected chi connectivity index (χ0v) is 14.0. The first-order chi connectivity index (χ1) is 10.1. The van der Waals surface area contributed by atoms with Crippen LogP contribution in [0.4, 0.5) is 5.82 Å². The molecule has 4 aliphatic rings. The first-order valence-electron chi connectivity index (χ1n) is 7.91. The lowest BCUT2D eigenvalue weighted by atomic mass is 9.49. The van der Waals surface area contributed by atoms with E-state index in [0.29, 0.717) is 12.4 Å². The highest BCUT2D eigenvalue weighted by Gasteiger charge is 2.53. The van der Waals surface area contributed by atoms with Gasteiger partial charge >= 0.3 is 0 Å². The molecule has 4 bridgehead atoms. The number of nitrogens with two attached hydrogens (primary N) is 1. The molecule has 0 atom stereocenters. The lowest BCUT2D eigenvalue weighted by Crippen LogP contribution is -2.49. The van der Waals surface area contributed by atoms with E-state index in [1.807, 2.05) is 0 Å². The van der Waals surface area contributed by atoms with Gasteiger partial charge in [-0.1, -0.05) is 0 Å². The maximum atomic E-state index is 6.12. The van der Waals surface area contributed by atoms with Gasteiger partial charge in [0.25, 0.3) is 0 Å². The van der Waals surface area contributed by atoms with Crippen molar-refractivity contribution in [1.29, 1.82) is 0 Å². The molecule has 114 valence electrons. The van der Waals surface area contributed by atoms with E-state index >= 15 is 0 Å². The van der Waals surface area contributed by atoms with Crippen molar-refractivity contribution in [3.8, 4) is 0 Å². The predicted molar refractivity (Wildman–Crippen MR) is 84.7 cm³/mol. The van der Waals surface area contributed by atoms with E-state index in [0.717, 1.165) is 33.7 Å². The van der Waals surface area contributed by atoms with Crippen LogP contribution in [0.2, 0.25) is 0 Å². The Kier molecular flexibility index (Phi) is 3.26. The van der Waals surface area contributed by atoms with Crippen LogP contribution >= 0.6 is 15.9 Å². The molecular weight excluding hydrogens is 330 g/mol. The number of hydrogen-bond donors (Lipinski definition) is 1. The fraction of sp³-hybridized carbons (Fsp3) is 0.750. The largest absolute Gasteiger partial charge is 0.383 e. The van der Waals surface area contributed by atoms with Gasteiger partial charge in [0.15, 0.2) is 0 Å². The van der Waals surface area contributed by atoms with E-state index in [-0.39, 0.29) is 5.41 Å². The van der Waals surface area contributed by atoms with E-state index in [9.17, 15) is 0 Å². The van der Waals surface area contributed by atoms with Gasteiger partial charge < -0.3 is 10.5 Å². The minimum Gasteiger partial charge on any atom is -0.383 e. The van der Waals surface area contributed by atoms with Gasteiger partial charge in [-0.25, -0.2) is 9.97 Å². The molecule has 4 nitrogen and oxygen atoms in total. The van der Waals surface area contributed by atoms with Crippen molar-refractivity contribution in [2.24, 2.45) is 17.8 Å². The molecule has 2 N–H and O–H groups in total. The summed E-state index contributed by atoms with van der Waals surface area (Å²) in [5, 5.41) is 0. The average molecular weight is 352 g/mol. The molecule has 0 aliphatic heterocycles. The first kappa shape index (κ1) is 13.9. The van der Waals surface area contributed by atoms with Crippen molar-refractivity contribution in [2.45, 2.75) is 50.5 Å². The molecule has 4 saturated carbocycles. The summed E-state index contributed by atoms with van der Waals surface area (Å²) < 4.78 is 6.05. The van der Waals surface area contributed by atoms with Gasteiger partial charge in [-0.15, -0.1) is 0 Å². The van der Waals surface area contributed by atoms with Crippen LogP contribution in [0.3, 0.4) is 0 Å². The topological polar surface area (TPSA) is 61.0 Å². The van der Waals surface area contributed by atoms with Crippen molar-refractivity contribution in [1.82, 2.24) is 9.97 Å². The molecule has 0 amide bonds. The fourth-order valence-electron chi connectivity index (χ4n) is 5.37. The summed E-state index contributed by atoms with van der Waals surface area (Å²) in [6.07, 6.45) is 8.05. The third-order valence-electron chi connectivity index (χ3n) is 5.74. The Morgan fingerprint density at radius 1 is 1.14 bits per heavy atom. The Morgan fingerprint density at radius 2 is 1.71 bits per heavy atom. The summed E-state index contributed by atoms with van der Waals surface area (Å²) in [6, 6.07) is 0. The van der Waals surface area contributed by atoms with E-state index < -0.39 is 0 Å². The van der Waals surface area contributed by atoms with Crippen LogP contribution < -0.4 is 5.73 Å². The normalized spacial score (nSPS) is 37.1. The van der Waals surface area contributed by atoms with Crippen molar-refractivity contribution >= 4 is 21.7 Å². The number of anilines is 1. The number of aromatic nitrogens is 2. The van der Waals surface area contributed by atoms with Crippen molar-refractivity contribution in [3.05, 3.63) is 16.0 Å². The number of nitrogens with zero attached hydrogens (tertiary/aromatic N) is 2. The van der Waals surface area contributed by atoms with Gasteiger partial charge in [0.05, 0.1) is 16.8 Å². The van der Waals surface area contributed by atoms with Gasteiger partial charge in [-0.05, 0) is 72.2 Å². The molecule has 1 heterocycles. The Bertz CT molecular complexity index is 540. The van der Waals surface area contributed by atoms with Crippen LogP contribution in [0.1, 0.15) is 50.0 Å². The molecule has 0 radical (unpaired) electrons. The second-order valence-electron chi connectivity index (χ2n) is 7.32. The molecule has 0 unspecified atom stereocenters. The van der Waals surface area contributed by atoms with E-state index in [1.165, 1.54) is 38.5 Å². The Hall–Kier alpha value is -0.680. The number of rotatable bonds is 3. The van der Waals surface area contributed by atoms with Crippen molar-refractivity contribution in [3.63, 3.8) is 0 Å². The van der Waals surface area contributed by atoms with Crippen molar-refractivity contribution < 1.29 is 4.74 Å². The molecular formula is C16H22BrN3O. The Balaban J connectivity index is 1.76. The molecule has 21 heavy (non-hydrogen) atoms. The van der Waals surface area contributed by atoms with Crippen LogP contribution in [0.15, 0.2) is 4.47 Å². The Morgan fingerprint density at radius 3 is 2.24 bits per heavy atom. The molecule has 5 heteroatoms. The molecule has 1 aromatic rings. The monoisotopic (exact) mass is 351 g/mol. The second-order valence-corrected chi connectivity index (χ2v) is 8.12. The van der Waals surface area contributed by atoms with Crippen LogP contribution in [0, 0.1) is 17.8 Å². The van der Waals surface area contributed by atoms with E-state index in [1.54, 1.807) is 7.11 Å². The van der Waals surface area contributed by atoms with Gasteiger partial charge in [0, 0.05) is 12.5 Å². The van der Waals surface area contributed by atoms with Gasteiger partial charge in [-0.3, -0.25) is 0 Å². The zero-order valence-electron chi connectivity index (χ0n) is 12.4. The third-order valence-corrected chi connectivity index (χ3v) is 6.60. The minimum atomic E-state index is 0.187. The molecule has 4 aliphatic carbocycles. The molecule has 0 aromatic carbocycles. The van der Waals surface area contributed by atoms with Crippen LogP contribution in [0.25, 0.3) is 0 Å². The fourth-order valence-corrected chi connectivity index (χ4v) is 5.66. The number of ether oxygens (including phenoxy) is 1. The first-order valence-corrected chi connectivity index (χ1v) is 8.70. The zero-order chi connectivity index (χ0) is 14.6. The SMILES string of the molecule is COCc1nc(C23CC4CC(CC(C4)C2)C3)nc(N)c1Br. The minimum absolute atomic E-state index is 0.187. The van der Waals surface area contributed by atoms with Crippen LogP contribution in [-0.2, 0) is 16.8 Å². The van der Waals surface area contributed by atoms with Gasteiger partial charge in [0.1, 0.15) is 11.6 Å². The number of hydrogen-bond acceptors (Lipinski definition) is 4. The summed E-state index contributed by atoms with van der Waals surface area (Å²) in [5.74, 6) is 4.19. The lowest BCUT2D eigenvalue weighted by molar-refractivity contribution is -0.00958. The molecule has 0 saturated heterocycles. The van der Waals surface area contributed by atoms with Gasteiger partial charge in [0.2, 0.25) is 0 Å². The highest BCUT2D eigenvalue weighted by atomic mass is 79.9. The Labute approximate surface area is 134 Å². The predicted octanol–water partition coefficient (Wildman–Crippen LogP) is 3.44. The maximum Gasteiger partial charge on any atom is 0.141 e. The second kappa shape index (κ2) is 4.92. The van der Waals surface area contributed by atoms with E-state index in [2.05, 4.69) is 20.9 Å². The highest BCUT2D eigenvalue weighted by Crippen LogP contribution is 2.60. The number of methoxy groups -OCH3 is 1. The summed E-state index contributed by atoms with van der Waals surface area (Å²) in [7, 11) is 1.69. The summed E-state index contributed by atoms with van der Waals surface area (Å²) in [6.45, 7) is 0.479. The molecule has 0 spiro atoms. The number of nitrogen functional groups attached to an aromatic ring is 1. The molecule has 4 fully saturated rings. The average Bonchev–Trinajstić information content (AvgIpc) is 2.42. The quantitative estimate of drug-likeness (QED) is 0.905. The summed E-state index contributed by atoms with van der Waals surface area (Å²) >= 11 is 3.50. The summed E-state index contributed by atoms with van der Waals surface area (Å²) in [4.78, 5) is 9.52. The number of halogens is 1. The molecule has 5 rings (SSSR count). The smallest absolute Gasteiger partial charge is 0.141 e. The third kappa shape index (κ3) is 2.20.